The van der Waals surface area contributed by atoms with Crippen molar-refractivity contribution >= 4 is 33.5 Å². The van der Waals surface area contributed by atoms with Crippen LogP contribution in [0.2, 0.25) is 0 Å². The number of carbonyl (C=O) groups excluding carboxylic acids is 2. The topological polar surface area (TPSA) is 80.8 Å². The number of rotatable bonds is 6. The minimum atomic E-state index is -4.42. The fourth-order valence-corrected chi connectivity index (χ4v) is 5.02. The first-order valence-corrected chi connectivity index (χ1v) is 10.7. The van der Waals surface area contributed by atoms with Crippen molar-refractivity contribution in [3.63, 3.8) is 0 Å². The number of carbonyl (C=O) groups is 2. The highest BCUT2D eigenvalue weighted by atomic mass is 32.2. The summed E-state index contributed by atoms with van der Waals surface area (Å²) < 4.78 is 64.9. The van der Waals surface area contributed by atoms with Gasteiger partial charge in [0, 0.05) is 17.5 Å². The van der Waals surface area contributed by atoms with Crippen LogP contribution < -0.4 is 0 Å². The van der Waals surface area contributed by atoms with Crippen molar-refractivity contribution in [2.75, 3.05) is 24.7 Å². The van der Waals surface area contributed by atoms with Crippen molar-refractivity contribution < 1.29 is 35.9 Å². The van der Waals surface area contributed by atoms with Gasteiger partial charge < -0.3 is 9.64 Å². The van der Waals surface area contributed by atoms with E-state index in [2.05, 4.69) is 0 Å². The summed E-state index contributed by atoms with van der Waals surface area (Å²) in [4.78, 5) is 25.5. The maximum Gasteiger partial charge on any atom is 0.446 e. The fraction of sp³-hybridized carbons (Fsp3) is 0.500. The number of nitrogens with zero attached hydrogens (tertiary/aromatic N) is 1. The molecule has 1 heterocycles. The summed E-state index contributed by atoms with van der Waals surface area (Å²) >= 11 is -0.302. The van der Waals surface area contributed by atoms with E-state index in [9.17, 15) is 31.2 Å². The normalized spacial score (nSPS) is 18.9. The average Bonchev–Trinajstić information content (AvgIpc) is 2.92. The van der Waals surface area contributed by atoms with Crippen LogP contribution in [0.5, 0.6) is 0 Å². The highest BCUT2D eigenvalue weighted by Gasteiger charge is 2.34. The first-order chi connectivity index (χ1) is 12.5. The van der Waals surface area contributed by atoms with Gasteiger partial charge in [-0.05, 0) is 49.4 Å². The molecule has 27 heavy (non-hydrogen) atoms. The van der Waals surface area contributed by atoms with Gasteiger partial charge in [0.15, 0.2) is 16.4 Å². The summed E-state index contributed by atoms with van der Waals surface area (Å²) in [6, 6.07) is 4.20. The fourth-order valence-electron chi connectivity index (χ4n) is 2.75. The van der Waals surface area contributed by atoms with Gasteiger partial charge in [-0.1, -0.05) is 0 Å². The Labute approximate surface area is 159 Å². The number of amides is 1. The van der Waals surface area contributed by atoms with E-state index >= 15 is 0 Å². The average molecular weight is 425 g/mol. The molecule has 11 heteroatoms. The summed E-state index contributed by atoms with van der Waals surface area (Å²) in [5, 5.41) is 0. The summed E-state index contributed by atoms with van der Waals surface area (Å²) in [6.45, 7) is 1.41. The van der Waals surface area contributed by atoms with Gasteiger partial charge in [-0.2, -0.15) is 13.2 Å². The smallest absolute Gasteiger partial charge is 0.446 e. The van der Waals surface area contributed by atoms with Crippen LogP contribution in [0.1, 0.15) is 23.7 Å². The van der Waals surface area contributed by atoms with Crippen LogP contribution in [0.25, 0.3) is 0 Å². The quantitative estimate of drug-likeness (QED) is 0.515. The van der Waals surface area contributed by atoms with Crippen molar-refractivity contribution in [3.05, 3.63) is 29.8 Å². The molecule has 1 fully saturated rings. The Bertz CT molecular complexity index is 793. The van der Waals surface area contributed by atoms with Gasteiger partial charge in [0.1, 0.15) is 0 Å². The zero-order chi connectivity index (χ0) is 20.2. The summed E-state index contributed by atoms with van der Waals surface area (Å²) in [5.74, 6) is -1.46. The van der Waals surface area contributed by atoms with E-state index in [-0.39, 0.29) is 40.3 Å². The molecule has 0 bridgehead atoms. The van der Waals surface area contributed by atoms with E-state index in [0.717, 1.165) is 12.1 Å². The molecule has 2 rings (SSSR count). The minimum absolute atomic E-state index is 0.0146. The molecular formula is C16H18F3NO5S2. The SMILES string of the molecule is CCN(C(=O)COC(=O)c1ccc(SC(F)(F)F)cc1)C1CCS(=O)(=O)C1. The molecular weight excluding hydrogens is 407 g/mol. The van der Waals surface area contributed by atoms with Crippen LogP contribution in [0, 0.1) is 0 Å². The number of hydrogen-bond donors (Lipinski definition) is 0. The number of hydrogen-bond acceptors (Lipinski definition) is 6. The molecule has 1 aromatic rings. The predicted molar refractivity (Wildman–Crippen MR) is 93.1 cm³/mol. The van der Waals surface area contributed by atoms with Crippen molar-refractivity contribution in [1.82, 2.24) is 4.90 Å². The van der Waals surface area contributed by atoms with Crippen molar-refractivity contribution in [2.24, 2.45) is 0 Å². The van der Waals surface area contributed by atoms with E-state index in [1.807, 2.05) is 0 Å². The number of ether oxygens (including phenoxy) is 1. The lowest BCUT2D eigenvalue weighted by Gasteiger charge is -2.26. The van der Waals surface area contributed by atoms with E-state index in [4.69, 9.17) is 4.74 Å². The minimum Gasteiger partial charge on any atom is -0.452 e. The number of likely N-dealkylation sites (N-methyl/N-ethyl adjacent to an activating group) is 1. The van der Waals surface area contributed by atoms with E-state index < -0.39 is 39.9 Å². The Morgan fingerprint density at radius 1 is 1.26 bits per heavy atom. The molecule has 1 aliphatic rings. The Morgan fingerprint density at radius 3 is 2.37 bits per heavy atom. The van der Waals surface area contributed by atoms with E-state index in [0.29, 0.717) is 6.42 Å². The Hall–Kier alpha value is -1.75. The van der Waals surface area contributed by atoms with Gasteiger partial charge in [-0.3, -0.25) is 4.79 Å². The third-order valence-electron chi connectivity index (χ3n) is 3.96. The largest absolute Gasteiger partial charge is 0.452 e. The number of halogens is 3. The predicted octanol–water partition coefficient (Wildman–Crippen LogP) is 2.49. The summed E-state index contributed by atoms with van der Waals surface area (Å²) in [5.41, 5.74) is -4.41. The van der Waals surface area contributed by atoms with Crippen LogP contribution in [-0.2, 0) is 19.4 Å². The third-order valence-corrected chi connectivity index (χ3v) is 6.45. The first-order valence-electron chi connectivity index (χ1n) is 8.03. The Kier molecular flexibility index (Phi) is 6.79. The first kappa shape index (κ1) is 21.5. The number of esters is 1. The van der Waals surface area contributed by atoms with Crippen LogP contribution in [0.3, 0.4) is 0 Å². The molecule has 1 saturated heterocycles. The van der Waals surface area contributed by atoms with Crippen molar-refractivity contribution in [2.45, 2.75) is 29.8 Å². The summed E-state index contributed by atoms with van der Waals surface area (Å²) in [7, 11) is -3.16. The van der Waals surface area contributed by atoms with Crippen LogP contribution in [0.4, 0.5) is 13.2 Å². The molecule has 0 spiro atoms. The molecule has 1 aliphatic heterocycles. The lowest BCUT2D eigenvalue weighted by molar-refractivity contribution is -0.136. The Balaban J connectivity index is 1.91. The molecule has 0 radical (unpaired) electrons. The van der Waals surface area contributed by atoms with Crippen molar-refractivity contribution in [1.29, 1.82) is 0 Å². The molecule has 1 atom stereocenters. The van der Waals surface area contributed by atoms with Crippen molar-refractivity contribution in [3.8, 4) is 0 Å². The molecule has 6 nitrogen and oxygen atoms in total. The second kappa shape index (κ2) is 8.51. The maximum absolute atomic E-state index is 12.3. The molecule has 0 N–H and O–H groups in total. The lowest BCUT2D eigenvalue weighted by atomic mass is 10.2. The molecule has 150 valence electrons. The third kappa shape index (κ3) is 6.42. The zero-order valence-electron chi connectivity index (χ0n) is 14.4. The number of benzene rings is 1. The molecule has 1 amide bonds. The number of sulfone groups is 1. The van der Waals surface area contributed by atoms with Crippen LogP contribution in [0.15, 0.2) is 29.2 Å². The number of thioether (sulfide) groups is 1. The van der Waals surface area contributed by atoms with Crippen LogP contribution in [-0.4, -0.2) is 61.4 Å². The molecule has 0 aromatic heterocycles. The monoisotopic (exact) mass is 425 g/mol. The van der Waals surface area contributed by atoms with Gasteiger partial charge >= 0.3 is 11.5 Å². The standard InChI is InChI=1S/C16H18F3NO5S2/c1-2-20(12-7-8-27(23,24)10-12)14(21)9-25-15(22)11-3-5-13(6-4-11)26-16(17,18)19/h3-6,12H,2,7-10H2,1H3. The molecule has 1 unspecified atom stereocenters. The molecule has 1 aromatic carbocycles. The van der Waals surface area contributed by atoms with E-state index in [1.54, 1.807) is 6.92 Å². The lowest BCUT2D eigenvalue weighted by Crippen LogP contribution is -2.43. The maximum atomic E-state index is 12.3. The molecule has 0 aliphatic carbocycles. The van der Waals surface area contributed by atoms with E-state index in [1.165, 1.54) is 17.0 Å². The highest BCUT2D eigenvalue weighted by Crippen LogP contribution is 2.36. The second-order valence-electron chi connectivity index (χ2n) is 5.88. The highest BCUT2D eigenvalue weighted by molar-refractivity contribution is 8.00. The second-order valence-corrected chi connectivity index (χ2v) is 9.25. The van der Waals surface area contributed by atoms with Gasteiger partial charge in [0.2, 0.25) is 0 Å². The van der Waals surface area contributed by atoms with Gasteiger partial charge in [-0.25, -0.2) is 13.2 Å². The van der Waals surface area contributed by atoms with Gasteiger partial charge in [0.05, 0.1) is 17.1 Å². The summed E-state index contributed by atoms with van der Waals surface area (Å²) in [6.07, 6.45) is 0.341. The molecule has 0 saturated carbocycles. The zero-order valence-corrected chi connectivity index (χ0v) is 16.0. The Morgan fingerprint density at radius 2 is 1.89 bits per heavy atom. The van der Waals surface area contributed by atoms with Gasteiger partial charge in [-0.15, -0.1) is 0 Å². The number of alkyl halides is 3. The van der Waals surface area contributed by atoms with Gasteiger partial charge in [0.25, 0.3) is 5.91 Å². The van der Waals surface area contributed by atoms with Crippen LogP contribution >= 0.6 is 11.8 Å².